The average molecular weight is 551 g/mol. The SMILES string of the molecule is Cc1cc(=O)oc2cc(NC(=O)CN(CCN(CCN(CC(=O)O)CC(=O)O)CC(=O)O)CC(=O)O)ccc12. The van der Waals surface area contributed by atoms with Gasteiger partial charge in [-0.05, 0) is 24.6 Å². The van der Waals surface area contributed by atoms with Gasteiger partial charge in [-0.15, -0.1) is 0 Å². The largest absolute Gasteiger partial charge is 0.480 e. The summed E-state index contributed by atoms with van der Waals surface area (Å²) in [6.45, 7) is -0.833. The number of hydrogen-bond acceptors (Lipinski definition) is 10. The van der Waals surface area contributed by atoms with Gasteiger partial charge in [-0.1, -0.05) is 0 Å². The van der Waals surface area contributed by atoms with E-state index in [9.17, 15) is 39.0 Å². The normalized spacial score (nSPS) is 11.3. The zero-order chi connectivity index (χ0) is 29.1. The summed E-state index contributed by atoms with van der Waals surface area (Å²) in [4.78, 5) is 72.8. The summed E-state index contributed by atoms with van der Waals surface area (Å²) in [7, 11) is 0. The van der Waals surface area contributed by atoms with Gasteiger partial charge in [-0.25, -0.2) is 4.79 Å². The molecule has 212 valence electrons. The van der Waals surface area contributed by atoms with Gasteiger partial charge in [0.05, 0.1) is 32.7 Å². The highest BCUT2D eigenvalue weighted by Crippen LogP contribution is 2.20. The summed E-state index contributed by atoms with van der Waals surface area (Å²) < 4.78 is 5.16. The van der Waals surface area contributed by atoms with Crippen molar-refractivity contribution < 1.29 is 48.8 Å². The summed E-state index contributed by atoms with van der Waals surface area (Å²) in [6.07, 6.45) is 0. The standard InChI is InChI=1S/C24H30N4O11/c1-15-8-24(38)39-18-9-16(2-3-17(15)18)25-19(29)10-27(12-21(32)33)6-4-26(11-20(30)31)5-7-28(13-22(34)35)14-23(36)37/h2-3,8-9H,4-7,10-14H2,1H3,(H,25,29)(H,30,31)(H,32,33)(H,34,35)(H,36,37). The maximum Gasteiger partial charge on any atom is 0.336 e. The molecule has 0 radical (unpaired) electrons. The molecule has 0 saturated heterocycles. The molecule has 0 fully saturated rings. The highest BCUT2D eigenvalue weighted by atomic mass is 16.4. The molecular formula is C24H30N4O11. The van der Waals surface area contributed by atoms with Crippen LogP contribution < -0.4 is 10.9 Å². The van der Waals surface area contributed by atoms with Crippen molar-refractivity contribution in [2.75, 3.05) is 64.2 Å². The number of nitrogens with zero attached hydrogens (tertiary/aromatic N) is 3. The molecule has 1 aromatic heterocycles. The molecule has 0 aliphatic heterocycles. The Morgan fingerprint density at radius 3 is 1.69 bits per heavy atom. The molecule has 15 heteroatoms. The summed E-state index contributed by atoms with van der Waals surface area (Å²) in [5.41, 5.74) is 0.744. The molecule has 39 heavy (non-hydrogen) atoms. The number of benzene rings is 1. The lowest BCUT2D eigenvalue weighted by atomic mass is 10.1. The van der Waals surface area contributed by atoms with Crippen LogP contribution in [0.3, 0.4) is 0 Å². The lowest BCUT2D eigenvalue weighted by Gasteiger charge is -2.27. The number of fused-ring (bicyclic) bond motifs is 1. The van der Waals surface area contributed by atoms with Crippen molar-refractivity contribution >= 4 is 46.4 Å². The van der Waals surface area contributed by atoms with E-state index in [4.69, 9.17) is 14.6 Å². The number of carbonyl (C=O) groups is 5. The van der Waals surface area contributed by atoms with E-state index in [1.165, 1.54) is 21.9 Å². The fraction of sp³-hybridized carbons (Fsp3) is 0.417. The predicted molar refractivity (Wildman–Crippen MR) is 136 cm³/mol. The third-order valence-corrected chi connectivity index (χ3v) is 5.50. The van der Waals surface area contributed by atoms with Crippen LogP contribution in [0, 0.1) is 6.92 Å². The Bertz CT molecular complexity index is 1260. The summed E-state index contributed by atoms with van der Waals surface area (Å²) in [5.74, 6) is -5.47. The van der Waals surface area contributed by atoms with Gasteiger partial charge in [0.1, 0.15) is 5.58 Å². The minimum atomic E-state index is -1.25. The Morgan fingerprint density at radius 2 is 1.18 bits per heavy atom. The molecule has 0 unspecified atom stereocenters. The number of carboxylic acid groups (broad SMARTS) is 4. The van der Waals surface area contributed by atoms with Crippen LogP contribution in [-0.4, -0.2) is 124 Å². The van der Waals surface area contributed by atoms with Gasteiger partial charge < -0.3 is 30.2 Å². The number of carboxylic acids is 4. The third-order valence-electron chi connectivity index (χ3n) is 5.50. The van der Waals surface area contributed by atoms with Gasteiger partial charge in [0, 0.05) is 49.4 Å². The maximum absolute atomic E-state index is 12.7. The molecule has 1 aromatic carbocycles. The van der Waals surface area contributed by atoms with E-state index in [1.54, 1.807) is 19.1 Å². The van der Waals surface area contributed by atoms with Crippen LogP contribution in [0.2, 0.25) is 0 Å². The molecule has 5 N–H and O–H groups in total. The van der Waals surface area contributed by atoms with E-state index in [0.717, 1.165) is 4.90 Å². The number of aliphatic carboxylic acids is 4. The molecule has 0 aliphatic carbocycles. The number of rotatable bonds is 17. The first-order valence-electron chi connectivity index (χ1n) is 11.7. The molecule has 0 saturated carbocycles. The molecule has 1 amide bonds. The Kier molecular flexibility index (Phi) is 11.5. The van der Waals surface area contributed by atoms with Crippen LogP contribution in [-0.2, 0) is 24.0 Å². The van der Waals surface area contributed by atoms with E-state index >= 15 is 0 Å². The second kappa shape index (κ2) is 14.6. The minimum Gasteiger partial charge on any atom is -0.480 e. The van der Waals surface area contributed by atoms with E-state index < -0.39 is 61.6 Å². The lowest BCUT2D eigenvalue weighted by molar-refractivity contribution is -0.143. The van der Waals surface area contributed by atoms with Crippen molar-refractivity contribution in [3.05, 3.63) is 40.2 Å². The lowest BCUT2D eigenvalue weighted by Crippen LogP contribution is -2.46. The molecule has 0 bridgehead atoms. The summed E-state index contributed by atoms with van der Waals surface area (Å²) in [5, 5.41) is 39.7. The minimum absolute atomic E-state index is 0.00124. The van der Waals surface area contributed by atoms with Crippen molar-refractivity contribution in [2.45, 2.75) is 6.92 Å². The first-order chi connectivity index (χ1) is 18.3. The molecular weight excluding hydrogens is 520 g/mol. The number of nitrogens with one attached hydrogen (secondary N) is 1. The van der Waals surface area contributed by atoms with Crippen LogP contribution >= 0.6 is 0 Å². The molecule has 0 atom stereocenters. The van der Waals surface area contributed by atoms with E-state index in [0.29, 0.717) is 16.6 Å². The Labute approximate surface area is 221 Å². The van der Waals surface area contributed by atoms with Gasteiger partial charge in [0.15, 0.2) is 0 Å². The Hall–Kier alpha value is -4.34. The summed E-state index contributed by atoms with van der Waals surface area (Å²) >= 11 is 0. The smallest absolute Gasteiger partial charge is 0.336 e. The monoisotopic (exact) mass is 550 g/mol. The fourth-order valence-corrected chi connectivity index (χ4v) is 3.84. The first-order valence-corrected chi connectivity index (χ1v) is 11.7. The Morgan fingerprint density at radius 1 is 0.718 bits per heavy atom. The predicted octanol–water partition coefficient (Wildman–Crippen LogP) is -0.716. The quantitative estimate of drug-likeness (QED) is 0.154. The number of amides is 1. The fourth-order valence-electron chi connectivity index (χ4n) is 3.84. The number of anilines is 1. The maximum atomic E-state index is 12.7. The van der Waals surface area contributed by atoms with Crippen molar-refractivity contribution in [3.63, 3.8) is 0 Å². The zero-order valence-electron chi connectivity index (χ0n) is 21.2. The molecule has 0 aliphatic rings. The van der Waals surface area contributed by atoms with E-state index in [2.05, 4.69) is 5.32 Å². The average Bonchev–Trinajstić information content (AvgIpc) is 2.78. The summed E-state index contributed by atoms with van der Waals surface area (Å²) in [6, 6.07) is 6.08. The van der Waals surface area contributed by atoms with Crippen LogP contribution in [0.1, 0.15) is 5.56 Å². The number of carbonyl (C=O) groups excluding carboxylic acids is 1. The van der Waals surface area contributed by atoms with Gasteiger partial charge in [0.25, 0.3) is 0 Å². The number of hydrogen-bond donors (Lipinski definition) is 5. The number of aryl methyl sites for hydroxylation is 1. The first kappa shape index (κ1) is 30.9. The van der Waals surface area contributed by atoms with Crippen LogP contribution in [0.15, 0.2) is 33.5 Å². The molecule has 2 aromatic rings. The van der Waals surface area contributed by atoms with Crippen molar-refractivity contribution in [1.82, 2.24) is 14.7 Å². The molecule has 2 rings (SSSR count). The van der Waals surface area contributed by atoms with E-state index in [1.807, 2.05) is 0 Å². The Balaban J connectivity index is 2.05. The van der Waals surface area contributed by atoms with Crippen molar-refractivity contribution in [3.8, 4) is 0 Å². The van der Waals surface area contributed by atoms with Gasteiger partial charge in [-0.2, -0.15) is 0 Å². The van der Waals surface area contributed by atoms with Crippen LogP contribution in [0.25, 0.3) is 11.0 Å². The second-order valence-electron chi connectivity index (χ2n) is 8.78. The molecule has 15 nitrogen and oxygen atoms in total. The third kappa shape index (κ3) is 11.3. The van der Waals surface area contributed by atoms with Crippen LogP contribution in [0.5, 0.6) is 0 Å². The highest BCUT2D eigenvalue weighted by Gasteiger charge is 2.20. The van der Waals surface area contributed by atoms with Crippen molar-refractivity contribution in [1.29, 1.82) is 0 Å². The topological polar surface area (TPSA) is 218 Å². The van der Waals surface area contributed by atoms with Gasteiger partial charge in [-0.3, -0.25) is 38.7 Å². The molecule has 0 spiro atoms. The molecule has 1 heterocycles. The second-order valence-corrected chi connectivity index (χ2v) is 8.78. The zero-order valence-corrected chi connectivity index (χ0v) is 21.2. The highest BCUT2D eigenvalue weighted by molar-refractivity contribution is 5.95. The van der Waals surface area contributed by atoms with Crippen LogP contribution in [0.4, 0.5) is 5.69 Å². The van der Waals surface area contributed by atoms with E-state index in [-0.39, 0.29) is 38.3 Å². The van der Waals surface area contributed by atoms with Gasteiger partial charge in [0.2, 0.25) is 5.91 Å². The van der Waals surface area contributed by atoms with Crippen molar-refractivity contribution in [2.24, 2.45) is 0 Å². The van der Waals surface area contributed by atoms with Gasteiger partial charge >= 0.3 is 29.5 Å².